The van der Waals surface area contributed by atoms with Gasteiger partial charge in [-0.15, -0.1) is 0 Å². The van der Waals surface area contributed by atoms with E-state index in [1.165, 1.54) is 6.07 Å². The van der Waals surface area contributed by atoms with E-state index in [1.54, 1.807) is 6.07 Å². The van der Waals surface area contributed by atoms with Gasteiger partial charge in [-0.05, 0) is 42.9 Å². The summed E-state index contributed by atoms with van der Waals surface area (Å²) in [6.07, 6.45) is 3.03. The highest BCUT2D eigenvalue weighted by Crippen LogP contribution is 2.38. The highest BCUT2D eigenvalue weighted by atomic mass is 32.2. The lowest BCUT2D eigenvalue weighted by atomic mass is 9.91. The van der Waals surface area contributed by atoms with Crippen LogP contribution in [0.15, 0.2) is 23.1 Å². The third kappa shape index (κ3) is 3.09. The second kappa shape index (κ2) is 6.30. The Kier molecular flexibility index (Phi) is 4.46. The molecular weight excluding hydrogens is 364 g/mol. The Morgan fingerprint density at radius 1 is 0.920 bits per heavy atom. The van der Waals surface area contributed by atoms with Gasteiger partial charge in [0.1, 0.15) is 20.8 Å². The van der Waals surface area contributed by atoms with Crippen LogP contribution in [0.1, 0.15) is 24.0 Å². The fourth-order valence-electron chi connectivity index (χ4n) is 2.85. The molecule has 4 nitrogen and oxygen atoms in total. The van der Waals surface area contributed by atoms with E-state index < -0.39 is 44.0 Å². The molecule has 0 bridgehead atoms. The third-order valence-electron chi connectivity index (χ3n) is 4.00. The van der Waals surface area contributed by atoms with E-state index >= 15 is 0 Å². The summed E-state index contributed by atoms with van der Waals surface area (Å²) in [6.45, 7) is 0. The van der Waals surface area contributed by atoms with Gasteiger partial charge in [0.2, 0.25) is 17.4 Å². The van der Waals surface area contributed by atoms with Crippen LogP contribution in [0.4, 0.5) is 17.6 Å². The molecule has 0 unspecified atom stereocenters. The van der Waals surface area contributed by atoms with Gasteiger partial charge in [0.25, 0.3) is 0 Å². The van der Waals surface area contributed by atoms with E-state index in [9.17, 15) is 30.5 Å². The van der Waals surface area contributed by atoms with Crippen LogP contribution >= 0.6 is 0 Å². The van der Waals surface area contributed by atoms with E-state index in [4.69, 9.17) is 4.74 Å². The number of hydrogen-bond donors (Lipinski definition) is 0. The van der Waals surface area contributed by atoms with Crippen molar-refractivity contribution in [3.05, 3.63) is 52.6 Å². The zero-order chi connectivity index (χ0) is 18.4. The molecule has 0 spiro atoms. The molecule has 25 heavy (non-hydrogen) atoms. The summed E-state index contributed by atoms with van der Waals surface area (Å²) in [5, 5.41) is 0. The van der Waals surface area contributed by atoms with E-state index in [0.717, 1.165) is 24.8 Å². The summed E-state index contributed by atoms with van der Waals surface area (Å²) in [7, 11) is -5.75. The fourth-order valence-corrected chi connectivity index (χ4v) is 3.47. The maximum atomic E-state index is 14.0. The molecule has 0 amide bonds. The lowest BCUT2D eigenvalue weighted by molar-refractivity contribution is 0.343. The average molecular weight is 375 g/mol. The molecule has 3 rings (SSSR count). The van der Waals surface area contributed by atoms with Gasteiger partial charge in [0.05, 0.1) is 0 Å². The lowest BCUT2D eigenvalue weighted by Gasteiger charge is -2.20. The summed E-state index contributed by atoms with van der Waals surface area (Å²) < 4.78 is 93.2. The zero-order valence-electron chi connectivity index (χ0n) is 12.6. The third-order valence-corrected chi connectivity index (χ3v) is 4.86. The molecule has 0 aliphatic heterocycles. The zero-order valence-corrected chi connectivity index (χ0v) is 13.4. The van der Waals surface area contributed by atoms with Crippen LogP contribution in [0.2, 0.25) is 0 Å². The molecule has 0 saturated heterocycles. The first kappa shape index (κ1) is 17.7. The van der Waals surface area contributed by atoms with Crippen LogP contribution in [0.25, 0.3) is 0 Å². The Morgan fingerprint density at radius 3 is 2.12 bits per heavy atom. The number of benzene rings is 2. The monoisotopic (exact) mass is 375 g/mol. The van der Waals surface area contributed by atoms with Crippen molar-refractivity contribution in [1.29, 1.82) is 0 Å². The molecule has 0 radical (unpaired) electrons. The molecule has 0 fully saturated rings. The van der Waals surface area contributed by atoms with Crippen molar-refractivity contribution in [3.8, 4) is 11.5 Å². The maximum Gasteiger partial charge on any atom is 0.205 e. The second-order valence-electron chi connectivity index (χ2n) is 5.57. The minimum atomic E-state index is -5.75. The summed E-state index contributed by atoms with van der Waals surface area (Å²) in [4.78, 5) is -2.20. The van der Waals surface area contributed by atoms with E-state index in [0.29, 0.717) is 12.0 Å². The van der Waals surface area contributed by atoms with Crippen LogP contribution in [0.3, 0.4) is 0 Å². The summed E-state index contributed by atoms with van der Waals surface area (Å²) in [5.74, 6) is -10.2. The highest BCUT2D eigenvalue weighted by Gasteiger charge is 2.31. The first-order chi connectivity index (χ1) is 11.7. The smallest absolute Gasteiger partial charge is 0.205 e. The molecule has 134 valence electrons. The van der Waals surface area contributed by atoms with Gasteiger partial charge in [0, 0.05) is 0 Å². The molecule has 0 saturated carbocycles. The number of rotatable bonds is 3. The lowest BCUT2D eigenvalue weighted by Crippen LogP contribution is -2.12. The predicted octanol–water partition coefficient (Wildman–Crippen LogP) is 3.82. The van der Waals surface area contributed by atoms with Gasteiger partial charge in [-0.2, -0.15) is 8.78 Å². The van der Waals surface area contributed by atoms with Gasteiger partial charge in [0.15, 0.2) is 11.6 Å². The van der Waals surface area contributed by atoms with E-state index in [-0.39, 0.29) is 5.75 Å². The number of aryl methyl sites for hydroxylation is 1. The Morgan fingerprint density at radius 2 is 1.52 bits per heavy atom. The van der Waals surface area contributed by atoms with Gasteiger partial charge >= 0.3 is 0 Å². The normalized spacial score (nSPS) is 14.3. The van der Waals surface area contributed by atoms with Gasteiger partial charge in [-0.1, -0.05) is 12.1 Å². The van der Waals surface area contributed by atoms with Crippen LogP contribution in [0.5, 0.6) is 11.5 Å². The molecule has 1 aliphatic rings. The topological polar surface area (TPSA) is 66.4 Å². The summed E-state index contributed by atoms with van der Waals surface area (Å²) in [6, 6.07) is 4.76. The quantitative estimate of drug-likeness (QED) is 0.465. The van der Waals surface area contributed by atoms with Crippen LogP contribution in [-0.2, 0) is 23.0 Å². The molecule has 2 aromatic carbocycles. The van der Waals surface area contributed by atoms with Crippen LogP contribution in [-0.4, -0.2) is 13.0 Å². The second-order valence-corrected chi connectivity index (χ2v) is 6.89. The van der Waals surface area contributed by atoms with Crippen molar-refractivity contribution in [2.75, 3.05) is 0 Å². The first-order valence-electron chi connectivity index (χ1n) is 7.32. The highest BCUT2D eigenvalue weighted by molar-refractivity contribution is 7.85. The molecule has 9 heteroatoms. The van der Waals surface area contributed by atoms with E-state index in [1.807, 2.05) is 6.07 Å². The summed E-state index contributed by atoms with van der Waals surface area (Å²) >= 11 is 0. The van der Waals surface area contributed by atoms with Crippen molar-refractivity contribution < 1.29 is 35.3 Å². The van der Waals surface area contributed by atoms with Crippen molar-refractivity contribution in [3.63, 3.8) is 0 Å². The van der Waals surface area contributed by atoms with Crippen LogP contribution in [0, 0.1) is 23.3 Å². The van der Waals surface area contributed by atoms with Crippen molar-refractivity contribution in [2.24, 2.45) is 0 Å². The fraction of sp³-hybridized carbons (Fsp3) is 0.250. The van der Waals surface area contributed by atoms with E-state index in [2.05, 4.69) is 0 Å². The summed E-state index contributed by atoms with van der Waals surface area (Å²) in [5.41, 5.74) is 1.55. The van der Waals surface area contributed by atoms with Crippen LogP contribution < -0.4 is 4.74 Å². The minimum absolute atomic E-state index is 0.0199. The standard InChI is InChI=1S/C16H12F4O4S/c17-11-13(19)16(25(21,22)23)14(20)12(18)15(11)24-10-7-3-5-8-4-1-2-6-9(8)10/h3,5,7H,1-2,4,6H2,(H,21,22,23)/p-1. The molecule has 0 N–H and O–H groups in total. The average Bonchev–Trinajstić information content (AvgIpc) is 2.56. The number of hydrogen-bond acceptors (Lipinski definition) is 4. The Bertz CT molecular complexity index is 928. The Hall–Kier alpha value is -2.13. The maximum absolute atomic E-state index is 14.0. The number of ether oxygens (including phenoxy) is 1. The molecule has 1 aliphatic carbocycles. The van der Waals surface area contributed by atoms with Crippen molar-refractivity contribution in [1.82, 2.24) is 0 Å². The number of halogens is 4. The molecule has 0 heterocycles. The SMILES string of the molecule is O=S(=O)([O-])c1c(F)c(F)c(Oc2cccc3c2CCCC3)c(F)c1F. The van der Waals surface area contributed by atoms with Crippen molar-refractivity contribution >= 4 is 10.1 Å². The first-order valence-corrected chi connectivity index (χ1v) is 8.73. The molecule has 0 atom stereocenters. The predicted molar refractivity (Wildman–Crippen MR) is 77.4 cm³/mol. The largest absolute Gasteiger partial charge is 0.744 e. The Balaban J connectivity index is 2.14. The minimum Gasteiger partial charge on any atom is -0.744 e. The van der Waals surface area contributed by atoms with Crippen molar-refractivity contribution in [2.45, 2.75) is 30.6 Å². The van der Waals surface area contributed by atoms with Gasteiger partial charge in [-0.3, -0.25) is 0 Å². The molecular formula is C16H11F4O4S-. The number of fused-ring (bicyclic) bond motifs is 1. The molecule has 2 aromatic rings. The van der Waals surface area contributed by atoms with Gasteiger partial charge < -0.3 is 9.29 Å². The molecule has 0 aromatic heterocycles. The van der Waals surface area contributed by atoms with Gasteiger partial charge in [-0.25, -0.2) is 17.2 Å². The Labute approximate surface area is 140 Å².